The monoisotopic (exact) mass is 495 g/mol. The maximum atomic E-state index is 13.4. The number of para-hydroxylation sites is 1. The van der Waals surface area contributed by atoms with Crippen LogP contribution in [0.4, 0.5) is 10.5 Å². The van der Waals surface area contributed by atoms with Gasteiger partial charge >= 0.3 is 6.03 Å². The molecular formula is C27H21N5O5. The van der Waals surface area contributed by atoms with Crippen LogP contribution in [0.3, 0.4) is 0 Å². The molecule has 10 heteroatoms. The predicted molar refractivity (Wildman–Crippen MR) is 136 cm³/mol. The van der Waals surface area contributed by atoms with E-state index in [-0.39, 0.29) is 29.1 Å². The van der Waals surface area contributed by atoms with Crippen molar-refractivity contribution in [2.75, 3.05) is 0 Å². The van der Waals surface area contributed by atoms with Gasteiger partial charge in [-0.3, -0.25) is 29.7 Å². The lowest BCUT2D eigenvalue weighted by Crippen LogP contribution is -2.30. The Kier molecular flexibility index (Phi) is 6.21. The Morgan fingerprint density at radius 1 is 0.865 bits per heavy atom. The van der Waals surface area contributed by atoms with Gasteiger partial charge in [-0.15, -0.1) is 0 Å². The molecule has 1 saturated heterocycles. The third kappa shape index (κ3) is 4.80. The molecule has 1 fully saturated rings. The Labute approximate surface area is 210 Å². The summed E-state index contributed by atoms with van der Waals surface area (Å²) in [4.78, 5) is 50.6. The molecule has 2 N–H and O–H groups in total. The Hall–Kier alpha value is -5.25. The molecule has 4 aromatic rings. The van der Waals surface area contributed by atoms with Gasteiger partial charge in [-0.05, 0) is 29.3 Å². The number of benzene rings is 3. The molecule has 0 bridgehead atoms. The molecule has 0 radical (unpaired) electrons. The maximum Gasteiger partial charge on any atom is 0.329 e. The number of aromatic nitrogens is 2. The number of nitrogens with zero attached hydrogens (tertiary/aromatic N) is 3. The summed E-state index contributed by atoms with van der Waals surface area (Å²) in [5.41, 5.74) is 2.26. The van der Waals surface area contributed by atoms with E-state index in [9.17, 15) is 24.5 Å². The average Bonchev–Trinajstić information content (AvgIpc) is 3.35. The molecule has 10 nitrogen and oxygen atoms in total. The molecule has 0 aliphatic carbocycles. The summed E-state index contributed by atoms with van der Waals surface area (Å²) in [6.45, 7) is -0.151. The van der Waals surface area contributed by atoms with Gasteiger partial charge in [0.2, 0.25) is 0 Å². The number of hydrogen-bond acceptors (Lipinski definition) is 5. The zero-order valence-corrected chi connectivity index (χ0v) is 19.5. The molecular weight excluding hydrogens is 474 g/mol. The van der Waals surface area contributed by atoms with Crippen LogP contribution in [0.5, 0.6) is 0 Å². The zero-order valence-electron chi connectivity index (χ0n) is 19.5. The number of aromatic amines is 1. The first-order chi connectivity index (χ1) is 17.9. The molecule has 1 aromatic heterocycles. The van der Waals surface area contributed by atoms with E-state index in [4.69, 9.17) is 0 Å². The van der Waals surface area contributed by atoms with Gasteiger partial charge in [0.15, 0.2) is 0 Å². The highest BCUT2D eigenvalue weighted by Gasteiger charge is 2.34. The summed E-state index contributed by atoms with van der Waals surface area (Å²) < 4.78 is 1.40. The molecule has 2 heterocycles. The van der Waals surface area contributed by atoms with Gasteiger partial charge in [-0.25, -0.2) is 9.48 Å². The highest BCUT2D eigenvalue weighted by molar-refractivity contribution is 6.13. The smallest absolute Gasteiger partial charge is 0.303 e. The summed E-state index contributed by atoms with van der Waals surface area (Å²) >= 11 is 0. The maximum absolute atomic E-state index is 13.4. The van der Waals surface area contributed by atoms with Gasteiger partial charge in [-0.2, -0.15) is 0 Å². The second-order valence-corrected chi connectivity index (χ2v) is 8.45. The summed E-state index contributed by atoms with van der Waals surface area (Å²) in [6.07, 6.45) is 1.78. The minimum Gasteiger partial charge on any atom is -0.303 e. The van der Waals surface area contributed by atoms with Crippen molar-refractivity contribution in [3.05, 3.63) is 133 Å². The van der Waals surface area contributed by atoms with Gasteiger partial charge in [0.05, 0.1) is 22.7 Å². The quantitative estimate of drug-likeness (QED) is 0.175. The predicted octanol–water partition coefficient (Wildman–Crippen LogP) is 3.76. The number of imide groups is 1. The molecule has 3 amide bonds. The largest absolute Gasteiger partial charge is 0.329 e. The number of carbonyl (C=O) groups is 2. The zero-order chi connectivity index (χ0) is 25.9. The molecule has 0 unspecified atom stereocenters. The molecule has 0 atom stereocenters. The Morgan fingerprint density at radius 2 is 1.54 bits per heavy atom. The van der Waals surface area contributed by atoms with E-state index < -0.39 is 16.9 Å². The van der Waals surface area contributed by atoms with Crippen LogP contribution in [0.25, 0.3) is 11.8 Å². The third-order valence-corrected chi connectivity index (χ3v) is 5.96. The molecule has 1 aliphatic heterocycles. The molecule has 1 aliphatic rings. The molecule has 3 aromatic carbocycles. The van der Waals surface area contributed by atoms with Crippen molar-refractivity contribution in [1.82, 2.24) is 20.0 Å². The highest BCUT2D eigenvalue weighted by atomic mass is 16.6. The van der Waals surface area contributed by atoms with Crippen LogP contribution in [0.1, 0.15) is 22.4 Å². The van der Waals surface area contributed by atoms with Gasteiger partial charge in [0.1, 0.15) is 5.70 Å². The Morgan fingerprint density at radius 3 is 2.24 bits per heavy atom. The van der Waals surface area contributed by atoms with Crippen LogP contribution in [0.15, 0.2) is 95.4 Å². The van der Waals surface area contributed by atoms with Crippen molar-refractivity contribution >= 4 is 23.7 Å². The van der Waals surface area contributed by atoms with E-state index in [0.29, 0.717) is 23.4 Å². The van der Waals surface area contributed by atoms with E-state index in [2.05, 4.69) is 10.4 Å². The lowest BCUT2D eigenvalue weighted by Gasteiger charge is -2.11. The van der Waals surface area contributed by atoms with Crippen LogP contribution in [-0.2, 0) is 17.8 Å². The fourth-order valence-electron chi connectivity index (χ4n) is 4.15. The number of non-ortho nitro benzene ring substituents is 1. The highest BCUT2D eigenvalue weighted by Crippen LogP contribution is 2.21. The molecule has 0 saturated carbocycles. The standard InChI is InChI=1S/C27H21N5O5/c33-25-22(23(15-18-8-3-1-4-9-18)29-31(25)20-11-5-2-6-12-20)16-24-26(34)30(27(35)28-24)17-19-10-7-13-21(14-19)32(36)37/h1-14,16,29H,15,17H2,(H,28,35)/b24-16-. The molecule has 0 spiro atoms. The topological polar surface area (TPSA) is 130 Å². The fourth-order valence-corrected chi connectivity index (χ4v) is 4.15. The average molecular weight is 495 g/mol. The number of H-pyrrole nitrogens is 1. The van der Waals surface area contributed by atoms with Crippen LogP contribution in [0.2, 0.25) is 0 Å². The Balaban J connectivity index is 1.50. The minimum absolute atomic E-state index is 0.0546. The van der Waals surface area contributed by atoms with Crippen molar-refractivity contribution in [3.63, 3.8) is 0 Å². The number of hydrogen-bond donors (Lipinski definition) is 2. The van der Waals surface area contributed by atoms with Crippen LogP contribution >= 0.6 is 0 Å². The van der Waals surface area contributed by atoms with E-state index in [1.54, 1.807) is 18.2 Å². The van der Waals surface area contributed by atoms with Crippen LogP contribution in [0, 0.1) is 10.1 Å². The summed E-state index contributed by atoms with van der Waals surface area (Å²) in [5.74, 6) is -0.631. The SMILES string of the molecule is O=C1N/C(=C\c2c(Cc3ccccc3)[nH]n(-c3ccccc3)c2=O)C(=O)N1Cc1cccc([N+](=O)[O-])c1. The van der Waals surface area contributed by atoms with Crippen molar-refractivity contribution in [1.29, 1.82) is 0 Å². The molecule has 5 rings (SSSR count). The number of amides is 3. The molecule has 37 heavy (non-hydrogen) atoms. The minimum atomic E-state index is -0.675. The number of carbonyl (C=O) groups excluding carboxylic acids is 2. The second-order valence-electron chi connectivity index (χ2n) is 8.45. The lowest BCUT2D eigenvalue weighted by molar-refractivity contribution is -0.384. The van der Waals surface area contributed by atoms with Crippen molar-refractivity contribution < 1.29 is 14.5 Å². The first-order valence-electron chi connectivity index (χ1n) is 11.4. The van der Waals surface area contributed by atoms with Gasteiger partial charge in [0.25, 0.3) is 17.2 Å². The summed E-state index contributed by atoms with van der Waals surface area (Å²) in [5, 5.41) is 16.7. The number of urea groups is 1. The van der Waals surface area contributed by atoms with E-state index in [1.807, 2.05) is 48.5 Å². The van der Waals surface area contributed by atoms with E-state index >= 15 is 0 Å². The van der Waals surface area contributed by atoms with Crippen LogP contribution in [-0.4, -0.2) is 31.5 Å². The first-order valence-corrected chi connectivity index (χ1v) is 11.4. The van der Waals surface area contributed by atoms with Crippen molar-refractivity contribution in [2.45, 2.75) is 13.0 Å². The number of nitro groups is 1. The second kappa shape index (κ2) is 9.78. The molecule has 184 valence electrons. The third-order valence-electron chi connectivity index (χ3n) is 5.96. The number of nitrogens with one attached hydrogen (secondary N) is 2. The summed E-state index contributed by atoms with van der Waals surface area (Å²) in [7, 11) is 0. The summed E-state index contributed by atoms with van der Waals surface area (Å²) in [6, 6.07) is 23.6. The number of nitro benzene ring substituents is 1. The van der Waals surface area contributed by atoms with E-state index in [1.165, 1.54) is 29.0 Å². The van der Waals surface area contributed by atoms with E-state index in [0.717, 1.165) is 10.5 Å². The van der Waals surface area contributed by atoms with Gasteiger partial charge in [0, 0.05) is 24.2 Å². The fraction of sp³-hybridized carbons (Fsp3) is 0.0741. The van der Waals surface area contributed by atoms with Gasteiger partial charge in [-0.1, -0.05) is 60.7 Å². The number of rotatable bonds is 7. The van der Waals surface area contributed by atoms with Gasteiger partial charge < -0.3 is 5.32 Å². The Bertz CT molecular complexity index is 1590. The van der Waals surface area contributed by atoms with Crippen molar-refractivity contribution in [2.24, 2.45) is 0 Å². The lowest BCUT2D eigenvalue weighted by atomic mass is 10.1. The van der Waals surface area contributed by atoms with Crippen molar-refractivity contribution in [3.8, 4) is 5.69 Å². The first kappa shape index (κ1) is 23.5. The van der Waals surface area contributed by atoms with Crippen LogP contribution < -0.4 is 10.9 Å². The normalized spacial score (nSPS) is 14.3.